The summed E-state index contributed by atoms with van der Waals surface area (Å²) >= 11 is 0. The number of nitrogens with one attached hydrogen (secondary N) is 1. The van der Waals surface area contributed by atoms with Gasteiger partial charge in [0, 0.05) is 6.20 Å². The Labute approximate surface area is 96.4 Å². The number of aromatic nitrogens is 1. The first-order valence-corrected chi connectivity index (χ1v) is 5.62. The molecule has 0 spiro atoms. The van der Waals surface area contributed by atoms with E-state index in [0.29, 0.717) is 6.04 Å². The van der Waals surface area contributed by atoms with Gasteiger partial charge < -0.3 is 5.32 Å². The molecule has 1 unspecified atom stereocenters. The molecule has 1 aromatic heterocycles. The Balaban J connectivity index is 2.13. The number of nitrogens with zero attached hydrogens (tertiary/aromatic N) is 1. The Hall–Kier alpha value is -1.83. The summed E-state index contributed by atoms with van der Waals surface area (Å²) in [7, 11) is 0. The topological polar surface area (TPSA) is 24.9 Å². The van der Waals surface area contributed by atoms with Gasteiger partial charge in [0.2, 0.25) is 0 Å². The van der Waals surface area contributed by atoms with Gasteiger partial charge in [-0.3, -0.25) is 0 Å². The van der Waals surface area contributed by atoms with Crippen LogP contribution in [-0.2, 0) is 0 Å². The van der Waals surface area contributed by atoms with Crippen molar-refractivity contribution in [1.29, 1.82) is 0 Å². The quantitative estimate of drug-likeness (QED) is 0.836. The number of anilines is 1. The molecule has 0 saturated heterocycles. The van der Waals surface area contributed by atoms with Crippen LogP contribution in [0.1, 0.15) is 24.9 Å². The lowest BCUT2D eigenvalue weighted by Crippen LogP contribution is -2.10. The van der Waals surface area contributed by atoms with E-state index < -0.39 is 0 Å². The summed E-state index contributed by atoms with van der Waals surface area (Å²) in [5.74, 6) is 0.929. The predicted molar refractivity (Wildman–Crippen MR) is 67.3 cm³/mol. The third-order valence-electron chi connectivity index (χ3n) is 2.60. The van der Waals surface area contributed by atoms with Crippen molar-refractivity contribution in [3.8, 4) is 0 Å². The summed E-state index contributed by atoms with van der Waals surface area (Å²) in [6, 6.07) is 16.7. The van der Waals surface area contributed by atoms with Crippen LogP contribution in [0.4, 0.5) is 5.82 Å². The molecule has 0 bridgehead atoms. The van der Waals surface area contributed by atoms with Gasteiger partial charge >= 0.3 is 0 Å². The van der Waals surface area contributed by atoms with E-state index in [1.165, 1.54) is 5.56 Å². The normalized spacial score (nSPS) is 12.1. The van der Waals surface area contributed by atoms with Crippen molar-refractivity contribution in [2.45, 2.75) is 19.4 Å². The number of hydrogen-bond donors (Lipinski definition) is 1. The van der Waals surface area contributed by atoms with E-state index in [1.54, 1.807) is 6.20 Å². The maximum atomic E-state index is 4.28. The zero-order chi connectivity index (χ0) is 11.2. The number of pyridine rings is 1. The summed E-state index contributed by atoms with van der Waals surface area (Å²) in [5, 5.41) is 3.43. The summed E-state index contributed by atoms with van der Waals surface area (Å²) in [4.78, 5) is 4.28. The molecule has 82 valence electrons. The maximum Gasteiger partial charge on any atom is 0.126 e. The first-order chi connectivity index (χ1) is 7.90. The smallest absolute Gasteiger partial charge is 0.126 e. The van der Waals surface area contributed by atoms with Crippen LogP contribution in [0.15, 0.2) is 54.7 Å². The molecular weight excluding hydrogens is 196 g/mol. The maximum absolute atomic E-state index is 4.28. The van der Waals surface area contributed by atoms with Crippen LogP contribution < -0.4 is 5.32 Å². The van der Waals surface area contributed by atoms with E-state index in [2.05, 4.69) is 41.5 Å². The Bertz CT molecular complexity index is 411. The van der Waals surface area contributed by atoms with Gasteiger partial charge in [-0.25, -0.2) is 4.98 Å². The fourth-order valence-electron chi connectivity index (χ4n) is 1.73. The Morgan fingerprint density at radius 3 is 2.44 bits per heavy atom. The van der Waals surface area contributed by atoms with E-state index in [9.17, 15) is 0 Å². The van der Waals surface area contributed by atoms with Gasteiger partial charge in [0.25, 0.3) is 0 Å². The average Bonchev–Trinajstić information content (AvgIpc) is 2.38. The highest BCUT2D eigenvalue weighted by Crippen LogP contribution is 2.20. The Morgan fingerprint density at radius 2 is 1.81 bits per heavy atom. The molecule has 2 rings (SSSR count). The highest BCUT2D eigenvalue weighted by Gasteiger charge is 2.08. The van der Waals surface area contributed by atoms with Gasteiger partial charge in [0.15, 0.2) is 0 Å². The van der Waals surface area contributed by atoms with Crippen LogP contribution in [0.3, 0.4) is 0 Å². The zero-order valence-corrected chi connectivity index (χ0v) is 9.43. The van der Waals surface area contributed by atoms with Gasteiger partial charge in [-0.05, 0) is 24.1 Å². The minimum absolute atomic E-state index is 0.330. The van der Waals surface area contributed by atoms with Crippen LogP contribution in [0, 0.1) is 0 Å². The molecule has 0 saturated carbocycles. The average molecular weight is 212 g/mol. The van der Waals surface area contributed by atoms with Gasteiger partial charge in [-0.1, -0.05) is 43.3 Å². The molecule has 0 aliphatic carbocycles. The molecule has 1 aromatic carbocycles. The SMILES string of the molecule is CCC(Nc1ccccn1)c1ccccc1. The summed E-state index contributed by atoms with van der Waals surface area (Å²) in [6.07, 6.45) is 2.85. The molecule has 1 heterocycles. The second-order valence-corrected chi connectivity index (χ2v) is 3.73. The molecule has 0 amide bonds. The monoisotopic (exact) mass is 212 g/mol. The number of benzene rings is 1. The van der Waals surface area contributed by atoms with E-state index >= 15 is 0 Å². The molecule has 0 fully saturated rings. The molecule has 0 aliphatic heterocycles. The van der Waals surface area contributed by atoms with Crippen LogP contribution in [0.25, 0.3) is 0 Å². The van der Waals surface area contributed by atoms with Gasteiger partial charge in [-0.15, -0.1) is 0 Å². The Kier molecular flexibility index (Phi) is 3.54. The molecule has 0 radical (unpaired) electrons. The number of rotatable bonds is 4. The third-order valence-corrected chi connectivity index (χ3v) is 2.60. The highest BCUT2D eigenvalue weighted by atomic mass is 15.0. The van der Waals surface area contributed by atoms with Crippen LogP contribution in [0.2, 0.25) is 0 Å². The standard InChI is InChI=1S/C14H16N2/c1-2-13(12-8-4-3-5-9-12)16-14-10-6-7-11-15-14/h3-11,13H,2H2,1H3,(H,15,16). The molecule has 0 aliphatic rings. The zero-order valence-electron chi connectivity index (χ0n) is 9.43. The lowest BCUT2D eigenvalue weighted by atomic mass is 10.0. The van der Waals surface area contributed by atoms with Crippen molar-refractivity contribution in [2.24, 2.45) is 0 Å². The fraction of sp³-hybridized carbons (Fsp3) is 0.214. The Morgan fingerprint density at radius 1 is 1.06 bits per heavy atom. The lowest BCUT2D eigenvalue weighted by Gasteiger charge is -2.17. The second-order valence-electron chi connectivity index (χ2n) is 3.73. The van der Waals surface area contributed by atoms with Crippen LogP contribution >= 0.6 is 0 Å². The lowest BCUT2D eigenvalue weighted by molar-refractivity contribution is 0.744. The van der Waals surface area contributed by atoms with Gasteiger partial charge in [-0.2, -0.15) is 0 Å². The molecule has 1 N–H and O–H groups in total. The van der Waals surface area contributed by atoms with Gasteiger partial charge in [0.05, 0.1) is 6.04 Å². The molecular formula is C14H16N2. The van der Waals surface area contributed by atoms with Crippen molar-refractivity contribution in [3.05, 3.63) is 60.3 Å². The van der Waals surface area contributed by atoms with E-state index in [-0.39, 0.29) is 0 Å². The first-order valence-electron chi connectivity index (χ1n) is 5.62. The molecule has 2 heteroatoms. The van der Waals surface area contributed by atoms with Crippen LogP contribution in [0.5, 0.6) is 0 Å². The van der Waals surface area contributed by atoms with Crippen LogP contribution in [-0.4, -0.2) is 4.98 Å². The first kappa shape index (κ1) is 10.7. The highest BCUT2D eigenvalue weighted by molar-refractivity contribution is 5.37. The molecule has 1 atom stereocenters. The summed E-state index contributed by atoms with van der Waals surface area (Å²) in [5.41, 5.74) is 1.30. The van der Waals surface area contributed by atoms with Crippen molar-refractivity contribution in [1.82, 2.24) is 4.98 Å². The summed E-state index contributed by atoms with van der Waals surface area (Å²) < 4.78 is 0. The van der Waals surface area contributed by atoms with Crippen molar-refractivity contribution < 1.29 is 0 Å². The van der Waals surface area contributed by atoms with Crippen molar-refractivity contribution in [3.63, 3.8) is 0 Å². The van der Waals surface area contributed by atoms with Crippen molar-refractivity contribution in [2.75, 3.05) is 5.32 Å². The van der Waals surface area contributed by atoms with E-state index in [4.69, 9.17) is 0 Å². The second kappa shape index (κ2) is 5.31. The third kappa shape index (κ3) is 2.60. The largest absolute Gasteiger partial charge is 0.363 e. The molecule has 16 heavy (non-hydrogen) atoms. The van der Waals surface area contributed by atoms with E-state index in [1.807, 2.05) is 24.3 Å². The molecule has 2 aromatic rings. The minimum atomic E-state index is 0.330. The number of hydrogen-bond acceptors (Lipinski definition) is 2. The predicted octanol–water partition coefficient (Wildman–Crippen LogP) is 3.64. The fourth-order valence-corrected chi connectivity index (χ4v) is 1.73. The molecule has 2 nitrogen and oxygen atoms in total. The van der Waals surface area contributed by atoms with E-state index in [0.717, 1.165) is 12.2 Å². The minimum Gasteiger partial charge on any atom is -0.363 e. The van der Waals surface area contributed by atoms with Gasteiger partial charge in [0.1, 0.15) is 5.82 Å². The summed E-state index contributed by atoms with van der Waals surface area (Å²) in [6.45, 7) is 2.17. The van der Waals surface area contributed by atoms with Crippen molar-refractivity contribution >= 4 is 5.82 Å².